The number of likely N-dealkylation sites (N-methyl/N-ethyl adjacent to an activating group) is 1. The number of methoxy groups -OCH3 is 2. The van der Waals surface area contributed by atoms with Crippen LogP contribution in [0.15, 0.2) is 42.1 Å². The molecule has 204 valence electrons. The molecule has 2 fully saturated rings. The number of allylic oxidation sites excluding steroid dienone is 1. The molecule has 0 radical (unpaired) electrons. The summed E-state index contributed by atoms with van der Waals surface area (Å²) in [7, 11) is 3.42. The smallest absolute Gasteiger partial charge is 0.325 e. The molecule has 2 saturated heterocycles. The number of aryl methyl sites for hydroxylation is 2. The zero-order valence-corrected chi connectivity index (χ0v) is 24.0. The number of hydrogen-bond donors (Lipinski definition) is 0. The molecular formula is C32H43N3O3. The minimum absolute atomic E-state index is 0.131. The number of benzene rings is 2. The molecule has 0 aromatic heterocycles. The standard InChI is InChI=1S/C32H43N3O3/c1-7-9-25-18-29-32(10-12-33(13-11-32)20-24-15-22(3)14-23(4)16-24)35(8-2)31(36)34(29)21-26-17-27(37-5)19-28(38-6)30(25)26/h14-19,25H,7-13,20-21H2,1-6H3. The number of piperidine rings is 1. The van der Waals surface area contributed by atoms with Crippen molar-refractivity contribution in [3.8, 4) is 11.5 Å². The van der Waals surface area contributed by atoms with Crippen molar-refractivity contribution in [3.63, 3.8) is 0 Å². The molecule has 3 heterocycles. The highest BCUT2D eigenvalue weighted by atomic mass is 16.5. The minimum atomic E-state index is -0.254. The van der Waals surface area contributed by atoms with Crippen LogP contribution in [0.4, 0.5) is 4.79 Å². The van der Waals surface area contributed by atoms with Gasteiger partial charge in [-0.25, -0.2) is 4.79 Å². The van der Waals surface area contributed by atoms with Crippen LogP contribution >= 0.6 is 0 Å². The average molecular weight is 518 g/mol. The molecule has 2 amide bonds. The first-order valence-corrected chi connectivity index (χ1v) is 14.2. The van der Waals surface area contributed by atoms with Crippen molar-refractivity contribution >= 4 is 6.03 Å². The maximum Gasteiger partial charge on any atom is 0.325 e. The van der Waals surface area contributed by atoms with Gasteiger partial charge in [0.05, 0.1) is 26.3 Å². The van der Waals surface area contributed by atoms with Gasteiger partial charge in [0.2, 0.25) is 0 Å². The Kier molecular flexibility index (Phi) is 7.45. The quantitative estimate of drug-likeness (QED) is 0.427. The molecule has 3 aliphatic rings. The summed E-state index contributed by atoms with van der Waals surface area (Å²) >= 11 is 0. The van der Waals surface area contributed by atoms with E-state index in [1.807, 2.05) is 6.07 Å². The number of fused-ring (bicyclic) bond motifs is 3. The predicted octanol–water partition coefficient (Wildman–Crippen LogP) is 6.39. The number of carbonyl (C=O) groups is 1. The lowest BCUT2D eigenvalue weighted by atomic mass is 9.81. The van der Waals surface area contributed by atoms with E-state index >= 15 is 0 Å². The second kappa shape index (κ2) is 10.6. The molecule has 0 N–H and O–H groups in total. The minimum Gasteiger partial charge on any atom is -0.497 e. The summed E-state index contributed by atoms with van der Waals surface area (Å²) in [6.45, 7) is 12.9. The molecule has 3 aliphatic heterocycles. The van der Waals surface area contributed by atoms with E-state index in [0.29, 0.717) is 6.54 Å². The van der Waals surface area contributed by atoms with Gasteiger partial charge in [-0.05, 0) is 57.2 Å². The van der Waals surface area contributed by atoms with Gasteiger partial charge in [-0.1, -0.05) is 48.7 Å². The lowest BCUT2D eigenvalue weighted by molar-refractivity contribution is 0.0887. The van der Waals surface area contributed by atoms with Gasteiger partial charge in [0.25, 0.3) is 0 Å². The molecule has 2 aromatic carbocycles. The van der Waals surface area contributed by atoms with E-state index in [9.17, 15) is 4.79 Å². The lowest BCUT2D eigenvalue weighted by Gasteiger charge is -2.44. The Bertz CT molecular complexity index is 1210. The van der Waals surface area contributed by atoms with Crippen LogP contribution in [-0.2, 0) is 13.1 Å². The summed E-state index contributed by atoms with van der Waals surface area (Å²) in [5, 5.41) is 0. The molecule has 1 unspecified atom stereocenters. The van der Waals surface area contributed by atoms with E-state index in [1.54, 1.807) is 14.2 Å². The number of rotatable bonds is 7. The van der Waals surface area contributed by atoms with E-state index in [2.05, 4.69) is 72.7 Å². The molecule has 0 saturated carbocycles. The number of hydrogen-bond acceptors (Lipinski definition) is 4. The second-order valence-corrected chi connectivity index (χ2v) is 11.3. The molecule has 2 aromatic rings. The van der Waals surface area contributed by atoms with E-state index in [4.69, 9.17) is 9.47 Å². The van der Waals surface area contributed by atoms with Crippen LogP contribution in [0.2, 0.25) is 0 Å². The largest absolute Gasteiger partial charge is 0.497 e. The Morgan fingerprint density at radius 1 is 0.974 bits per heavy atom. The van der Waals surface area contributed by atoms with E-state index in [1.165, 1.54) is 28.0 Å². The maximum atomic E-state index is 14.0. The fraction of sp³-hybridized carbons (Fsp3) is 0.531. The Balaban J connectivity index is 1.49. The van der Waals surface area contributed by atoms with Gasteiger partial charge < -0.3 is 14.4 Å². The highest BCUT2D eigenvalue weighted by Crippen LogP contribution is 2.49. The van der Waals surface area contributed by atoms with Gasteiger partial charge in [-0.15, -0.1) is 0 Å². The van der Waals surface area contributed by atoms with Crippen LogP contribution in [0.3, 0.4) is 0 Å². The first kappa shape index (κ1) is 26.6. The summed E-state index contributed by atoms with van der Waals surface area (Å²) in [5.41, 5.74) is 7.29. The third-order valence-corrected chi connectivity index (χ3v) is 8.75. The van der Waals surface area contributed by atoms with Crippen LogP contribution in [0, 0.1) is 13.8 Å². The number of urea groups is 1. The Morgan fingerprint density at radius 2 is 1.68 bits per heavy atom. The monoisotopic (exact) mass is 517 g/mol. The molecule has 6 heteroatoms. The number of likely N-dealkylation sites (tertiary alicyclic amines) is 1. The third kappa shape index (κ3) is 4.57. The SMILES string of the molecule is CCCC1C=C2N(Cc3cc(OC)cc(OC)c31)C(=O)N(CC)C21CCN(Cc2cc(C)cc(C)c2)CC1. The first-order valence-electron chi connectivity index (χ1n) is 14.2. The van der Waals surface area contributed by atoms with Crippen molar-refractivity contribution in [2.45, 2.75) is 77.9 Å². The van der Waals surface area contributed by atoms with E-state index in [0.717, 1.165) is 68.9 Å². The first-order chi connectivity index (χ1) is 18.3. The van der Waals surface area contributed by atoms with E-state index in [-0.39, 0.29) is 17.5 Å². The number of carbonyl (C=O) groups excluding carboxylic acids is 1. The maximum absolute atomic E-state index is 14.0. The topological polar surface area (TPSA) is 45.3 Å². The predicted molar refractivity (Wildman–Crippen MR) is 152 cm³/mol. The van der Waals surface area contributed by atoms with Crippen molar-refractivity contribution in [2.24, 2.45) is 0 Å². The Hall–Kier alpha value is -2.99. The summed E-state index contributed by atoms with van der Waals surface area (Å²) < 4.78 is 11.5. The van der Waals surface area contributed by atoms with Gasteiger partial charge >= 0.3 is 6.03 Å². The van der Waals surface area contributed by atoms with Crippen molar-refractivity contribution in [2.75, 3.05) is 33.9 Å². The number of ether oxygens (including phenoxy) is 2. The fourth-order valence-electron chi connectivity index (χ4n) is 7.16. The summed E-state index contributed by atoms with van der Waals surface area (Å²) in [5.74, 6) is 1.83. The van der Waals surface area contributed by atoms with Crippen molar-refractivity contribution < 1.29 is 14.3 Å². The Labute approximate surface area is 228 Å². The normalized spacial score (nSPS) is 20.7. The molecular weight excluding hydrogens is 474 g/mol. The van der Waals surface area contributed by atoms with Crippen molar-refractivity contribution in [1.29, 1.82) is 0 Å². The third-order valence-electron chi connectivity index (χ3n) is 8.75. The van der Waals surface area contributed by atoms with Gasteiger partial charge in [-0.2, -0.15) is 0 Å². The molecule has 0 aliphatic carbocycles. The molecule has 1 atom stereocenters. The highest BCUT2D eigenvalue weighted by Gasteiger charge is 2.55. The zero-order chi connectivity index (χ0) is 27.0. The van der Waals surface area contributed by atoms with E-state index < -0.39 is 0 Å². The van der Waals surface area contributed by atoms with Crippen LogP contribution < -0.4 is 9.47 Å². The highest BCUT2D eigenvalue weighted by molar-refractivity contribution is 5.83. The molecule has 38 heavy (non-hydrogen) atoms. The molecule has 6 nitrogen and oxygen atoms in total. The van der Waals surface area contributed by atoms with Crippen LogP contribution in [-0.4, -0.2) is 60.1 Å². The zero-order valence-electron chi connectivity index (χ0n) is 24.0. The van der Waals surface area contributed by atoms with Gasteiger partial charge in [0.1, 0.15) is 11.5 Å². The van der Waals surface area contributed by atoms with Crippen LogP contribution in [0.1, 0.15) is 73.3 Å². The lowest BCUT2D eigenvalue weighted by Crippen LogP contribution is -2.53. The number of amides is 2. The summed E-state index contributed by atoms with van der Waals surface area (Å²) in [4.78, 5) is 20.7. The molecule has 5 rings (SSSR count). The van der Waals surface area contributed by atoms with Crippen LogP contribution in [0.5, 0.6) is 11.5 Å². The van der Waals surface area contributed by atoms with Crippen molar-refractivity contribution in [3.05, 3.63) is 69.9 Å². The van der Waals surface area contributed by atoms with Gasteiger partial charge in [-0.3, -0.25) is 9.80 Å². The summed E-state index contributed by atoms with van der Waals surface area (Å²) in [6, 6.07) is 11.1. The van der Waals surface area contributed by atoms with Crippen molar-refractivity contribution in [1.82, 2.24) is 14.7 Å². The summed E-state index contributed by atoms with van der Waals surface area (Å²) in [6.07, 6.45) is 6.40. The fourth-order valence-corrected chi connectivity index (χ4v) is 7.16. The average Bonchev–Trinajstić information content (AvgIpc) is 3.00. The van der Waals surface area contributed by atoms with Gasteiger partial charge in [0, 0.05) is 49.4 Å². The van der Waals surface area contributed by atoms with Gasteiger partial charge in [0.15, 0.2) is 0 Å². The Morgan fingerprint density at radius 3 is 2.29 bits per heavy atom. The van der Waals surface area contributed by atoms with Crippen LogP contribution in [0.25, 0.3) is 0 Å². The molecule has 0 bridgehead atoms. The second-order valence-electron chi connectivity index (χ2n) is 11.3. The molecule has 1 spiro atoms. The number of nitrogens with zero attached hydrogens (tertiary/aromatic N) is 3.